The highest BCUT2D eigenvalue weighted by Gasteiger charge is 2.33. The summed E-state index contributed by atoms with van der Waals surface area (Å²) in [7, 11) is 0. The molecule has 1 aromatic rings. The van der Waals surface area contributed by atoms with Crippen LogP contribution in [0.1, 0.15) is 31.2 Å². The van der Waals surface area contributed by atoms with Gasteiger partial charge in [-0.1, -0.05) is 28.1 Å². The van der Waals surface area contributed by atoms with Crippen LogP contribution in [0.2, 0.25) is 0 Å². The Bertz CT molecular complexity index is 374. The first-order valence-corrected chi connectivity index (χ1v) is 6.40. The van der Waals surface area contributed by atoms with Gasteiger partial charge in [0, 0.05) is 17.3 Å². The second-order valence-electron chi connectivity index (χ2n) is 4.08. The fraction of sp³-hybridized carbons (Fsp3) is 0.357. The third-order valence-electron chi connectivity index (χ3n) is 3.02. The van der Waals surface area contributed by atoms with Crippen molar-refractivity contribution in [1.29, 1.82) is 0 Å². The first kappa shape index (κ1) is 14.1. The van der Waals surface area contributed by atoms with E-state index in [4.69, 9.17) is 0 Å². The number of ketones is 1. The van der Waals surface area contributed by atoms with Crippen LogP contribution in [0.15, 0.2) is 41.9 Å². The predicted molar refractivity (Wildman–Crippen MR) is 72.8 cm³/mol. The van der Waals surface area contributed by atoms with Crippen LogP contribution in [0.5, 0.6) is 0 Å². The van der Waals surface area contributed by atoms with Gasteiger partial charge in [0.1, 0.15) is 5.78 Å². The molecule has 0 amide bonds. The molecule has 0 heterocycles. The molecular formula is C14H17BrO2. The van der Waals surface area contributed by atoms with E-state index in [-0.39, 0.29) is 5.78 Å². The van der Waals surface area contributed by atoms with Gasteiger partial charge < -0.3 is 5.11 Å². The van der Waals surface area contributed by atoms with Gasteiger partial charge >= 0.3 is 0 Å². The number of rotatable bonds is 1. The van der Waals surface area contributed by atoms with Crippen LogP contribution in [0.4, 0.5) is 0 Å². The molecule has 1 aliphatic carbocycles. The van der Waals surface area contributed by atoms with Gasteiger partial charge in [0.05, 0.1) is 5.60 Å². The molecular weight excluding hydrogens is 280 g/mol. The van der Waals surface area contributed by atoms with Gasteiger partial charge in [-0.15, -0.1) is 13.2 Å². The smallest absolute Gasteiger partial charge is 0.133 e. The van der Waals surface area contributed by atoms with E-state index in [0.717, 1.165) is 10.0 Å². The molecule has 0 saturated heterocycles. The lowest BCUT2D eigenvalue weighted by molar-refractivity contribution is -0.125. The molecule has 1 aliphatic rings. The Labute approximate surface area is 110 Å². The average Bonchev–Trinajstić information content (AvgIpc) is 2.36. The summed E-state index contributed by atoms with van der Waals surface area (Å²) in [6.07, 6.45) is 2.08. The van der Waals surface area contributed by atoms with E-state index >= 15 is 0 Å². The number of benzene rings is 1. The highest BCUT2D eigenvalue weighted by molar-refractivity contribution is 9.10. The van der Waals surface area contributed by atoms with E-state index in [0.29, 0.717) is 25.7 Å². The summed E-state index contributed by atoms with van der Waals surface area (Å²) in [4.78, 5) is 11.1. The van der Waals surface area contributed by atoms with Crippen LogP contribution in [0.3, 0.4) is 0 Å². The Morgan fingerprint density at radius 3 is 2.06 bits per heavy atom. The summed E-state index contributed by atoms with van der Waals surface area (Å²) in [6, 6.07) is 7.67. The molecule has 0 aliphatic heterocycles. The molecule has 0 unspecified atom stereocenters. The Hall–Kier alpha value is -0.930. The SMILES string of the molecule is C=C.O=C1CCC(O)(c2ccc(Br)cc2)CC1. The number of halogens is 1. The Morgan fingerprint density at radius 1 is 1.12 bits per heavy atom. The molecule has 17 heavy (non-hydrogen) atoms. The second kappa shape index (κ2) is 6.12. The van der Waals surface area contributed by atoms with Crippen molar-refractivity contribution in [2.45, 2.75) is 31.3 Å². The van der Waals surface area contributed by atoms with E-state index in [9.17, 15) is 9.90 Å². The van der Waals surface area contributed by atoms with Crippen LogP contribution in [-0.4, -0.2) is 10.9 Å². The zero-order chi connectivity index (χ0) is 12.9. The zero-order valence-electron chi connectivity index (χ0n) is 9.79. The van der Waals surface area contributed by atoms with Crippen molar-refractivity contribution in [1.82, 2.24) is 0 Å². The maximum Gasteiger partial charge on any atom is 0.133 e. The predicted octanol–water partition coefficient (Wildman–Crippen LogP) is 3.58. The monoisotopic (exact) mass is 296 g/mol. The van der Waals surface area contributed by atoms with Gasteiger partial charge in [-0.3, -0.25) is 4.79 Å². The maximum atomic E-state index is 11.1. The normalized spacial score (nSPS) is 18.1. The minimum absolute atomic E-state index is 0.261. The van der Waals surface area contributed by atoms with E-state index in [1.54, 1.807) is 0 Å². The minimum Gasteiger partial charge on any atom is -0.385 e. The lowest BCUT2D eigenvalue weighted by Gasteiger charge is -2.31. The van der Waals surface area contributed by atoms with Gasteiger partial charge in [0.15, 0.2) is 0 Å². The summed E-state index contributed by atoms with van der Waals surface area (Å²) < 4.78 is 1.00. The largest absolute Gasteiger partial charge is 0.385 e. The summed E-state index contributed by atoms with van der Waals surface area (Å²) >= 11 is 3.36. The number of hydrogen-bond acceptors (Lipinski definition) is 2. The van der Waals surface area contributed by atoms with Crippen LogP contribution in [-0.2, 0) is 10.4 Å². The third kappa shape index (κ3) is 3.51. The lowest BCUT2D eigenvalue weighted by atomic mass is 9.79. The molecule has 0 atom stereocenters. The lowest BCUT2D eigenvalue weighted by Crippen LogP contribution is -2.31. The molecule has 92 valence electrons. The summed E-state index contributed by atoms with van der Waals surface area (Å²) in [5, 5.41) is 10.4. The molecule has 1 fully saturated rings. The van der Waals surface area contributed by atoms with Crippen LogP contribution >= 0.6 is 15.9 Å². The van der Waals surface area contributed by atoms with Crippen LogP contribution < -0.4 is 0 Å². The van der Waals surface area contributed by atoms with E-state index in [2.05, 4.69) is 29.1 Å². The van der Waals surface area contributed by atoms with Crippen molar-refractivity contribution >= 4 is 21.7 Å². The van der Waals surface area contributed by atoms with Crippen LogP contribution in [0.25, 0.3) is 0 Å². The van der Waals surface area contributed by atoms with Gasteiger partial charge in [0.25, 0.3) is 0 Å². The number of aliphatic hydroxyl groups is 1. The fourth-order valence-corrected chi connectivity index (χ4v) is 2.26. The molecule has 0 aromatic heterocycles. The van der Waals surface area contributed by atoms with Gasteiger partial charge in [0.2, 0.25) is 0 Å². The van der Waals surface area contributed by atoms with Crippen molar-refractivity contribution in [3.05, 3.63) is 47.5 Å². The van der Waals surface area contributed by atoms with E-state index in [1.807, 2.05) is 24.3 Å². The second-order valence-corrected chi connectivity index (χ2v) is 4.99. The third-order valence-corrected chi connectivity index (χ3v) is 3.55. The molecule has 0 bridgehead atoms. The number of hydrogen-bond donors (Lipinski definition) is 1. The van der Waals surface area contributed by atoms with Gasteiger partial charge in [-0.2, -0.15) is 0 Å². The molecule has 0 spiro atoms. The average molecular weight is 297 g/mol. The van der Waals surface area contributed by atoms with Gasteiger partial charge in [-0.25, -0.2) is 0 Å². The topological polar surface area (TPSA) is 37.3 Å². The molecule has 0 radical (unpaired) electrons. The van der Waals surface area contributed by atoms with Crippen LogP contribution in [0, 0.1) is 0 Å². The van der Waals surface area contributed by atoms with Gasteiger partial charge in [-0.05, 0) is 30.5 Å². The zero-order valence-corrected chi connectivity index (χ0v) is 11.4. The molecule has 1 N–H and O–H groups in total. The Balaban J connectivity index is 0.000000686. The molecule has 1 aromatic carbocycles. The summed E-state index contributed by atoms with van der Waals surface area (Å²) in [5.74, 6) is 0.261. The standard InChI is InChI=1S/C12H13BrO2.C2H4/c13-10-3-1-9(2-4-10)12(15)7-5-11(14)6-8-12;1-2/h1-4,15H,5-8H2;1-2H2. The number of carbonyl (C=O) groups is 1. The molecule has 2 rings (SSSR count). The molecule has 3 heteroatoms. The number of carbonyl (C=O) groups excluding carboxylic acids is 1. The minimum atomic E-state index is -0.797. The van der Waals surface area contributed by atoms with E-state index < -0.39 is 5.60 Å². The summed E-state index contributed by atoms with van der Waals surface area (Å²) in [5.41, 5.74) is 0.118. The fourth-order valence-electron chi connectivity index (χ4n) is 1.99. The van der Waals surface area contributed by atoms with E-state index in [1.165, 1.54) is 0 Å². The maximum absolute atomic E-state index is 11.1. The van der Waals surface area contributed by atoms with Crippen molar-refractivity contribution in [2.24, 2.45) is 0 Å². The highest BCUT2D eigenvalue weighted by atomic mass is 79.9. The Morgan fingerprint density at radius 2 is 1.59 bits per heavy atom. The Kier molecular flexibility index (Phi) is 5.09. The van der Waals surface area contributed by atoms with Crippen molar-refractivity contribution in [2.75, 3.05) is 0 Å². The van der Waals surface area contributed by atoms with Crippen molar-refractivity contribution < 1.29 is 9.90 Å². The quantitative estimate of drug-likeness (QED) is 0.804. The highest BCUT2D eigenvalue weighted by Crippen LogP contribution is 2.35. The number of Topliss-reactive ketones (excluding diaryl/α,β-unsaturated/α-hetero) is 1. The first-order valence-electron chi connectivity index (χ1n) is 5.60. The van der Waals surface area contributed by atoms with Crippen molar-refractivity contribution in [3.63, 3.8) is 0 Å². The first-order chi connectivity index (χ1) is 8.10. The summed E-state index contributed by atoms with van der Waals surface area (Å²) in [6.45, 7) is 6.00. The van der Waals surface area contributed by atoms with Crippen molar-refractivity contribution in [3.8, 4) is 0 Å². The molecule has 2 nitrogen and oxygen atoms in total. The molecule has 1 saturated carbocycles.